The topological polar surface area (TPSA) is 32.3 Å². The van der Waals surface area contributed by atoms with Crippen molar-refractivity contribution >= 4 is 17.5 Å². The largest absolute Gasteiger partial charge is 0.341 e. The zero-order valence-electron chi connectivity index (χ0n) is 9.95. The van der Waals surface area contributed by atoms with Crippen molar-refractivity contribution in [3.05, 3.63) is 34.9 Å². The predicted octanol–water partition coefficient (Wildman–Crippen LogP) is 1.91. The third kappa shape index (κ3) is 3.20. The lowest BCUT2D eigenvalue weighted by Gasteiger charge is -2.20. The van der Waals surface area contributed by atoms with Crippen LogP contribution in [-0.4, -0.2) is 30.9 Å². The fourth-order valence-corrected chi connectivity index (χ4v) is 2.24. The number of nitrogens with one attached hydrogen (secondary N) is 1. The molecular weight excluding hydrogens is 236 g/mol. The summed E-state index contributed by atoms with van der Waals surface area (Å²) < 4.78 is 0. The molecule has 0 aliphatic carbocycles. The molecule has 0 saturated carbocycles. The van der Waals surface area contributed by atoms with E-state index in [2.05, 4.69) is 5.32 Å². The van der Waals surface area contributed by atoms with Gasteiger partial charge in [-0.2, -0.15) is 0 Å². The molecule has 0 aromatic heterocycles. The quantitative estimate of drug-likeness (QED) is 0.891. The molecule has 1 atom stereocenters. The molecule has 1 heterocycles. The molecule has 92 valence electrons. The fourth-order valence-electron chi connectivity index (χ4n) is 2.12. The maximum Gasteiger partial charge on any atom is 0.227 e. The Bertz CT molecular complexity index is 385. The molecule has 0 unspecified atom stereocenters. The summed E-state index contributed by atoms with van der Waals surface area (Å²) >= 11 is 5.83. The third-order valence-electron chi connectivity index (χ3n) is 3.12. The number of hydrogen-bond donors (Lipinski definition) is 1. The monoisotopic (exact) mass is 252 g/mol. The first-order valence-electron chi connectivity index (χ1n) is 5.87. The van der Waals surface area contributed by atoms with E-state index in [9.17, 15) is 4.79 Å². The van der Waals surface area contributed by atoms with Crippen LogP contribution in [0.3, 0.4) is 0 Å². The minimum absolute atomic E-state index is 0.146. The van der Waals surface area contributed by atoms with Crippen LogP contribution in [0.1, 0.15) is 12.0 Å². The average Bonchev–Trinajstić information content (AvgIpc) is 2.84. The Balaban J connectivity index is 1.93. The molecule has 1 saturated heterocycles. The van der Waals surface area contributed by atoms with E-state index in [0.29, 0.717) is 6.54 Å². The molecule has 2 rings (SSSR count). The number of halogens is 1. The van der Waals surface area contributed by atoms with Gasteiger partial charge in [-0.3, -0.25) is 4.79 Å². The number of hydrogen-bond acceptors (Lipinski definition) is 2. The Hall–Kier alpha value is -1.06. The van der Waals surface area contributed by atoms with Crippen molar-refractivity contribution in [2.45, 2.75) is 13.0 Å². The lowest BCUT2D eigenvalue weighted by molar-refractivity contribution is -0.134. The Morgan fingerprint density at radius 2 is 2.18 bits per heavy atom. The molecule has 17 heavy (non-hydrogen) atoms. The molecule has 4 heteroatoms. The van der Waals surface area contributed by atoms with E-state index >= 15 is 0 Å². The Morgan fingerprint density at radius 1 is 1.47 bits per heavy atom. The zero-order valence-corrected chi connectivity index (χ0v) is 10.7. The second kappa shape index (κ2) is 5.52. The zero-order chi connectivity index (χ0) is 12.3. The summed E-state index contributed by atoms with van der Waals surface area (Å²) in [5.74, 6) is 0.372. The number of amides is 1. The molecule has 1 aromatic rings. The number of rotatable bonds is 3. The molecule has 1 aliphatic rings. The Kier molecular flexibility index (Phi) is 4.02. The number of carbonyl (C=O) groups is 1. The average molecular weight is 253 g/mol. The fraction of sp³-hybridized carbons (Fsp3) is 0.462. The van der Waals surface area contributed by atoms with Gasteiger partial charge in [-0.05, 0) is 30.7 Å². The van der Waals surface area contributed by atoms with Gasteiger partial charge in [0.05, 0.1) is 5.92 Å². The van der Waals surface area contributed by atoms with Crippen molar-refractivity contribution in [3.8, 4) is 0 Å². The maximum absolute atomic E-state index is 12.1. The predicted molar refractivity (Wildman–Crippen MR) is 68.9 cm³/mol. The highest BCUT2D eigenvalue weighted by Crippen LogP contribution is 2.14. The van der Waals surface area contributed by atoms with Crippen LogP contribution in [0, 0.1) is 5.92 Å². The summed E-state index contributed by atoms with van der Waals surface area (Å²) in [7, 11) is 1.86. The highest BCUT2D eigenvalue weighted by molar-refractivity contribution is 6.30. The van der Waals surface area contributed by atoms with Crippen molar-refractivity contribution in [1.29, 1.82) is 0 Å². The lowest BCUT2D eigenvalue weighted by Crippen LogP contribution is -2.33. The standard InChI is InChI=1S/C13H17ClN2O/c1-16(13(17)11-6-7-15-8-11)9-10-2-4-12(14)5-3-10/h2-5,11,15H,6-9H2,1H3/t11-/m1/s1. The summed E-state index contributed by atoms with van der Waals surface area (Å²) in [5.41, 5.74) is 1.11. The third-order valence-corrected chi connectivity index (χ3v) is 3.37. The van der Waals surface area contributed by atoms with Gasteiger partial charge in [0.2, 0.25) is 5.91 Å². The van der Waals surface area contributed by atoms with Crippen molar-refractivity contribution in [3.63, 3.8) is 0 Å². The number of carbonyl (C=O) groups excluding carboxylic acids is 1. The summed E-state index contributed by atoms with van der Waals surface area (Å²) in [4.78, 5) is 13.9. The summed E-state index contributed by atoms with van der Waals surface area (Å²) in [5, 5.41) is 3.94. The van der Waals surface area contributed by atoms with Gasteiger partial charge in [0.15, 0.2) is 0 Å². The SMILES string of the molecule is CN(Cc1ccc(Cl)cc1)C(=O)[C@@H]1CCNC1. The first kappa shape index (κ1) is 12.4. The minimum atomic E-state index is 0.146. The molecule has 0 radical (unpaired) electrons. The van der Waals surface area contributed by atoms with Crippen LogP contribution in [0.5, 0.6) is 0 Å². The summed E-state index contributed by atoms with van der Waals surface area (Å²) in [6, 6.07) is 7.62. The number of benzene rings is 1. The van der Waals surface area contributed by atoms with Gasteiger partial charge < -0.3 is 10.2 Å². The van der Waals surface area contributed by atoms with Crippen LogP contribution >= 0.6 is 11.6 Å². The molecule has 0 bridgehead atoms. The van der Waals surface area contributed by atoms with E-state index in [4.69, 9.17) is 11.6 Å². The molecule has 1 amide bonds. The lowest BCUT2D eigenvalue weighted by atomic mass is 10.1. The molecule has 1 aromatic carbocycles. The molecule has 1 fully saturated rings. The van der Waals surface area contributed by atoms with Crippen molar-refractivity contribution in [1.82, 2.24) is 10.2 Å². The molecule has 3 nitrogen and oxygen atoms in total. The second-order valence-electron chi connectivity index (χ2n) is 4.51. The van der Waals surface area contributed by atoms with E-state index in [0.717, 1.165) is 30.1 Å². The van der Waals surface area contributed by atoms with Gasteiger partial charge in [-0.25, -0.2) is 0 Å². The van der Waals surface area contributed by atoms with Crippen LogP contribution in [0.25, 0.3) is 0 Å². The highest BCUT2D eigenvalue weighted by atomic mass is 35.5. The summed E-state index contributed by atoms with van der Waals surface area (Å²) in [6.45, 7) is 2.40. The molecular formula is C13H17ClN2O. The van der Waals surface area contributed by atoms with Crippen LogP contribution in [-0.2, 0) is 11.3 Å². The first-order valence-corrected chi connectivity index (χ1v) is 6.25. The maximum atomic E-state index is 12.1. The van der Waals surface area contributed by atoms with Crippen LogP contribution < -0.4 is 5.32 Å². The van der Waals surface area contributed by atoms with E-state index in [1.54, 1.807) is 4.90 Å². The van der Waals surface area contributed by atoms with Gasteiger partial charge in [0.25, 0.3) is 0 Å². The van der Waals surface area contributed by atoms with Gasteiger partial charge in [0, 0.05) is 25.2 Å². The Morgan fingerprint density at radius 3 is 2.76 bits per heavy atom. The van der Waals surface area contributed by atoms with Crippen molar-refractivity contribution in [2.75, 3.05) is 20.1 Å². The van der Waals surface area contributed by atoms with E-state index < -0.39 is 0 Å². The minimum Gasteiger partial charge on any atom is -0.341 e. The van der Waals surface area contributed by atoms with Gasteiger partial charge in [-0.1, -0.05) is 23.7 Å². The van der Waals surface area contributed by atoms with Gasteiger partial charge >= 0.3 is 0 Å². The second-order valence-corrected chi connectivity index (χ2v) is 4.95. The van der Waals surface area contributed by atoms with Gasteiger partial charge in [0.1, 0.15) is 0 Å². The molecule has 1 aliphatic heterocycles. The van der Waals surface area contributed by atoms with Crippen LogP contribution in [0.4, 0.5) is 0 Å². The van der Waals surface area contributed by atoms with Crippen molar-refractivity contribution in [2.24, 2.45) is 5.92 Å². The van der Waals surface area contributed by atoms with Crippen molar-refractivity contribution < 1.29 is 4.79 Å². The highest BCUT2D eigenvalue weighted by Gasteiger charge is 2.25. The molecule has 0 spiro atoms. The molecule has 1 N–H and O–H groups in total. The van der Waals surface area contributed by atoms with Crippen LogP contribution in [0.2, 0.25) is 5.02 Å². The van der Waals surface area contributed by atoms with Gasteiger partial charge in [-0.15, -0.1) is 0 Å². The van der Waals surface area contributed by atoms with E-state index in [1.807, 2.05) is 31.3 Å². The van der Waals surface area contributed by atoms with E-state index in [-0.39, 0.29) is 11.8 Å². The smallest absolute Gasteiger partial charge is 0.227 e. The summed E-state index contributed by atoms with van der Waals surface area (Å²) in [6.07, 6.45) is 0.948. The number of nitrogens with zero attached hydrogens (tertiary/aromatic N) is 1. The van der Waals surface area contributed by atoms with Crippen LogP contribution in [0.15, 0.2) is 24.3 Å². The normalized spacial score (nSPS) is 19.3. The Labute approximate surface area is 107 Å². The first-order chi connectivity index (χ1) is 8.16. The van der Waals surface area contributed by atoms with E-state index in [1.165, 1.54) is 0 Å².